The van der Waals surface area contributed by atoms with E-state index in [9.17, 15) is 0 Å². The molecule has 1 fully saturated rings. The molecule has 0 aliphatic heterocycles. The molecule has 1 unspecified atom stereocenters. The number of aromatic amines is 1. The van der Waals surface area contributed by atoms with Crippen LogP contribution in [0.2, 0.25) is 0 Å². The number of hydrogen-bond acceptors (Lipinski definition) is 2. The molecule has 1 aliphatic carbocycles. The number of aromatic nitrogens is 2. The number of hydrogen-bond donors (Lipinski definition) is 2. The number of rotatable bonds is 2. The van der Waals surface area contributed by atoms with E-state index in [-0.39, 0.29) is 0 Å². The molecular weight excluding hydrogens is 234 g/mol. The van der Waals surface area contributed by atoms with E-state index in [1.807, 2.05) is 0 Å². The first-order valence-electron chi connectivity index (χ1n) is 6.81. The van der Waals surface area contributed by atoms with Crippen LogP contribution in [0.4, 0.5) is 5.82 Å². The Morgan fingerprint density at radius 2 is 1.95 bits per heavy atom. The molecule has 1 saturated carbocycles. The molecule has 1 aliphatic rings. The smallest absolute Gasteiger partial charge is 0.153 e. The molecule has 2 aromatic rings. The quantitative estimate of drug-likeness (QED) is 0.857. The van der Waals surface area contributed by atoms with E-state index in [4.69, 9.17) is 5.73 Å². The molecule has 0 saturated heterocycles. The van der Waals surface area contributed by atoms with Gasteiger partial charge >= 0.3 is 0 Å². The van der Waals surface area contributed by atoms with Gasteiger partial charge in [-0.15, -0.1) is 0 Å². The van der Waals surface area contributed by atoms with Crippen molar-refractivity contribution < 1.29 is 0 Å². The topological polar surface area (TPSA) is 54.7 Å². The summed E-state index contributed by atoms with van der Waals surface area (Å²) in [5, 5.41) is 7.37. The molecular formula is C16H21N3. The molecule has 19 heavy (non-hydrogen) atoms. The van der Waals surface area contributed by atoms with Crippen molar-refractivity contribution in [1.29, 1.82) is 0 Å². The average Bonchev–Trinajstić information content (AvgIpc) is 2.80. The van der Waals surface area contributed by atoms with Crippen molar-refractivity contribution in [2.24, 2.45) is 5.41 Å². The van der Waals surface area contributed by atoms with Crippen LogP contribution in [0.15, 0.2) is 18.2 Å². The number of nitrogens with zero attached hydrogens (tertiary/aromatic N) is 1. The van der Waals surface area contributed by atoms with E-state index in [1.165, 1.54) is 28.8 Å². The van der Waals surface area contributed by atoms with Crippen LogP contribution >= 0.6 is 0 Å². The van der Waals surface area contributed by atoms with Gasteiger partial charge in [-0.05, 0) is 42.4 Å². The molecule has 0 radical (unpaired) electrons. The minimum absolute atomic E-state index is 0.369. The second-order valence-electron chi connectivity index (χ2n) is 6.44. The summed E-state index contributed by atoms with van der Waals surface area (Å²) in [5.74, 6) is 1.16. The fourth-order valence-electron chi connectivity index (χ4n) is 2.78. The third kappa shape index (κ3) is 1.93. The zero-order valence-corrected chi connectivity index (χ0v) is 12.0. The minimum Gasteiger partial charge on any atom is -0.382 e. The lowest BCUT2D eigenvalue weighted by atomic mass is 9.97. The fourth-order valence-corrected chi connectivity index (χ4v) is 2.78. The largest absolute Gasteiger partial charge is 0.382 e. The fraction of sp³-hybridized carbons (Fsp3) is 0.438. The van der Waals surface area contributed by atoms with Gasteiger partial charge in [-0.1, -0.05) is 32.0 Å². The van der Waals surface area contributed by atoms with Gasteiger partial charge in [0.25, 0.3) is 0 Å². The predicted molar refractivity (Wildman–Crippen MR) is 79.0 cm³/mol. The number of H-pyrrole nitrogens is 1. The molecule has 3 heteroatoms. The molecule has 0 amide bonds. The molecule has 1 heterocycles. The third-order valence-electron chi connectivity index (χ3n) is 4.48. The predicted octanol–water partition coefficient (Wildman–Crippen LogP) is 3.79. The molecule has 1 aromatic heterocycles. The number of anilines is 1. The van der Waals surface area contributed by atoms with E-state index in [1.54, 1.807) is 0 Å². The van der Waals surface area contributed by atoms with Gasteiger partial charge in [0, 0.05) is 17.2 Å². The molecule has 1 aromatic carbocycles. The average molecular weight is 255 g/mol. The summed E-state index contributed by atoms with van der Waals surface area (Å²) in [6.07, 6.45) is 1.20. The second-order valence-corrected chi connectivity index (χ2v) is 6.44. The van der Waals surface area contributed by atoms with E-state index in [0.717, 1.165) is 5.56 Å². The lowest BCUT2D eigenvalue weighted by Gasteiger charge is -2.08. The van der Waals surface area contributed by atoms with Crippen molar-refractivity contribution in [3.63, 3.8) is 0 Å². The maximum absolute atomic E-state index is 6.07. The lowest BCUT2D eigenvalue weighted by molar-refractivity contribution is 0.615. The number of aryl methyl sites for hydroxylation is 2. The Morgan fingerprint density at radius 1 is 1.26 bits per heavy atom. The minimum atomic E-state index is 0.369. The van der Waals surface area contributed by atoms with E-state index >= 15 is 0 Å². The van der Waals surface area contributed by atoms with Crippen LogP contribution < -0.4 is 5.73 Å². The van der Waals surface area contributed by atoms with Crippen LogP contribution in [0.25, 0.3) is 11.1 Å². The third-order valence-corrected chi connectivity index (χ3v) is 4.48. The maximum atomic E-state index is 6.07. The summed E-state index contributed by atoms with van der Waals surface area (Å²) in [7, 11) is 0. The van der Waals surface area contributed by atoms with Gasteiger partial charge in [0.15, 0.2) is 5.82 Å². The first-order valence-corrected chi connectivity index (χ1v) is 6.81. The Bertz CT molecular complexity index is 637. The van der Waals surface area contributed by atoms with E-state index in [0.29, 0.717) is 17.2 Å². The summed E-state index contributed by atoms with van der Waals surface area (Å²) in [6.45, 7) is 8.84. The van der Waals surface area contributed by atoms with Crippen molar-refractivity contribution in [3.05, 3.63) is 35.0 Å². The molecule has 3 nitrogen and oxygen atoms in total. The van der Waals surface area contributed by atoms with Crippen molar-refractivity contribution in [3.8, 4) is 11.1 Å². The van der Waals surface area contributed by atoms with Gasteiger partial charge in [0.05, 0.1) is 0 Å². The summed E-state index contributed by atoms with van der Waals surface area (Å²) >= 11 is 0. The Balaban J connectivity index is 2.09. The van der Waals surface area contributed by atoms with Crippen LogP contribution in [0, 0.1) is 19.3 Å². The molecule has 1 atom stereocenters. The Morgan fingerprint density at radius 3 is 2.53 bits per heavy atom. The zero-order chi connectivity index (χ0) is 13.8. The standard InChI is InChI=1S/C16H21N3/c1-9-5-6-11(7-10(9)2)13-14(18-19-15(13)17)12-8-16(12,3)4/h5-7,12H,8H2,1-4H3,(H3,17,18,19). The Hall–Kier alpha value is -1.77. The van der Waals surface area contributed by atoms with E-state index < -0.39 is 0 Å². The lowest BCUT2D eigenvalue weighted by Crippen LogP contribution is -1.94. The number of nitrogens with two attached hydrogens (primary N) is 1. The van der Waals surface area contributed by atoms with Crippen LogP contribution in [0.1, 0.15) is 43.0 Å². The van der Waals surface area contributed by atoms with Crippen molar-refractivity contribution >= 4 is 5.82 Å². The van der Waals surface area contributed by atoms with Crippen molar-refractivity contribution in [1.82, 2.24) is 10.2 Å². The highest BCUT2D eigenvalue weighted by atomic mass is 15.2. The molecule has 0 spiro atoms. The Kier molecular flexibility index (Phi) is 2.49. The summed E-state index contributed by atoms with van der Waals surface area (Å²) in [4.78, 5) is 0. The van der Waals surface area contributed by atoms with Gasteiger partial charge in [-0.2, -0.15) is 5.10 Å². The summed E-state index contributed by atoms with van der Waals surface area (Å²) in [5.41, 5.74) is 12.5. The molecule has 3 N–H and O–H groups in total. The maximum Gasteiger partial charge on any atom is 0.153 e. The SMILES string of the molecule is Cc1ccc(-c2c(N)n[nH]c2C2CC2(C)C)cc1C. The first kappa shape index (κ1) is 12.3. The number of nitrogen functional groups attached to an aromatic ring is 1. The second kappa shape index (κ2) is 3.86. The summed E-state index contributed by atoms with van der Waals surface area (Å²) < 4.78 is 0. The van der Waals surface area contributed by atoms with E-state index in [2.05, 4.69) is 56.1 Å². The first-order chi connectivity index (χ1) is 8.90. The number of benzene rings is 1. The van der Waals surface area contributed by atoms with Crippen LogP contribution in [0.5, 0.6) is 0 Å². The van der Waals surface area contributed by atoms with Crippen molar-refractivity contribution in [2.45, 2.75) is 40.0 Å². The van der Waals surface area contributed by atoms with Gasteiger partial charge < -0.3 is 5.73 Å². The number of nitrogens with one attached hydrogen (secondary N) is 1. The zero-order valence-electron chi connectivity index (χ0n) is 12.0. The highest BCUT2D eigenvalue weighted by molar-refractivity contribution is 5.78. The molecule has 0 bridgehead atoms. The molecule has 3 rings (SSSR count). The Labute approximate surface area is 114 Å². The van der Waals surface area contributed by atoms with Gasteiger partial charge in [0.2, 0.25) is 0 Å². The highest BCUT2D eigenvalue weighted by Crippen LogP contribution is 2.60. The summed E-state index contributed by atoms with van der Waals surface area (Å²) in [6, 6.07) is 6.50. The van der Waals surface area contributed by atoms with Gasteiger partial charge in [0.1, 0.15) is 0 Å². The monoisotopic (exact) mass is 255 g/mol. The van der Waals surface area contributed by atoms with Gasteiger partial charge in [-0.3, -0.25) is 5.10 Å². The van der Waals surface area contributed by atoms with Crippen LogP contribution in [0.3, 0.4) is 0 Å². The van der Waals surface area contributed by atoms with Crippen molar-refractivity contribution in [2.75, 3.05) is 5.73 Å². The normalized spacial score (nSPS) is 20.5. The van der Waals surface area contributed by atoms with Crippen LogP contribution in [-0.2, 0) is 0 Å². The van der Waals surface area contributed by atoms with Gasteiger partial charge in [-0.25, -0.2) is 0 Å². The molecule has 100 valence electrons. The highest BCUT2D eigenvalue weighted by Gasteiger charge is 2.48. The van der Waals surface area contributed by atoms with Crippen LogP contribution in [-0.4, -0.2) is 10.2 Å².